The van der Waals surface area contributed by atoms with Gasteiger partial charge in [-0.05, 0) is 54.8 Å². The Morgan fingerprint density at radius 3 is 2.41 bits per heavy atom. The van der Waals surface area contributed by atoms with E-state index in [1.807, 2.05) is 0 Å². The van der Waals surface area contributed by atoms with E-state index in [9.17, 15) is 24.8 Å². The highest BCUT2D eigenvalue weighted by Crippen LogP contribution is 2.33. The van der Waals surface area contributed by atoms with Gasteiger partial charge in [0.15, 0.2) is 0 Å². The Kier molecular flexibility index (Phi) is 7.75. The number of benzene rings is 3. The first-order valence-electron chi connectivity index (χ1n) is 10.2. The van der Waals surface area contributed by atoms with Gasteiger partial charge in [-0.2, -0.15) is 0 Å². The highest BCUT2D eigenvalue weighted by atomic mass is 35.5. The van der Waals surface area contributed by atoms with Crippen LogP contribution < -0.4 is 10.6 Å². The standard InChI is InChI=1S/C24H21Cl2N3O5/c1-13-8-16(6-7-19(13)24(31)32)14(2)28-23(30)20-10-18(26)11-21(29(33)34)22(20)27-12-15-4-3-5-17(25)9-15/h3-11,14,27H,12H2,1-2H3,(H,28,30)(H,31,32)/t14-/m0/s1. The summed E-state index contributed by atoms with van der Waals surface area (Å²) in [5.41, 5.74) is 1.86. The Balaban J connectivity index is 1.91. The molecule has 34 heavy (non-hydrogen) atoms. The molecule has 0 aliphatic carbocycles. The number of hydrogen-bond acceptors (Lipinski definition) is 5. The third kappa shape index (κ3) is 5.84. The quantitative estimate of drug-likeness (QED) is 0.256. The second-order valence-electron chi connectivity index (χ2n) is 7.66. The van der Waals surface area contributed by atoms with E-state index in [1.165, 1.54) is 18.2 Å². The number of amides is 1. The van der Waals surface area contributed by atoms with Crippen LogP contribution in [0.25, 0.3) is 0 Å². The highest BCUT2D eigenvalue weighted by Gasteiger charge is 2.25. The number of nitrogens with zero attached hydrogens (tertiary/aromatic N) is 1. The van der Waals surface area contributed by atoms with E-state index in [1.54, 1.807) is 50.2 Å². The number of nitro groups is 1. The molecule has 0 radical (unpaired) electrons. The van der Waals surface area contributed by atoms with E-state index in [0.29, 0.717) is 16.1 Å². The molecule has 0 heterocycles. The third-order valence-electron chi connectivity index (χ3n) is 5.21. The van der Waals surface area contributed by atoms with Gasteiger partial charge in [-0.3, -0.25) is 14.9 Å². The minimum Gasteiger partial charge on any atom is -0.478 e. The molecule has 0 bridgehead atoms. The zero-order chi connectivity index (χ0) is 25.0. The van der Waals surface area contributed by atoms with Crippen molar-refractivity contribution >= 4 is 46.5 Å². The lowest BCUT2D eigenvalue weighted by Crippen LogP contribution is -2.28. The average Bonchev–Trinajstić information content (AvgIpc) is 2.77. The van der Waals surface area contributed by atoms with Crippen LogP contribution in [0.5, 0.6) is 0 Å². The molecule has 0 fully saturated rings. The molecule has 3 aromatic rings. The van der Waals surface area contributed by atoms with Crippen LogP contribution in [-0.2, 0) is 6.54 Å². The van der Waals surface area contributed by atoms with Crippen molar-refractivity contribution in [1.29, 1.82) is 0 Å². The van der Waals surface area contributed by atoms with Gasteiger partial charge in [0.1, 0.15) is 5.69 Å². The fourth-order valence-electron chi connectivity index (χ4n) is 3.49. The number of carboxylic acid groups (broad SMARTS) is 1. The molecule has 1 amide bonds. The first-order valence-corrected chi connectivity index (χ1v) is 10.9. The topological polar surface area (TPSA) is 122 Å². The Morgan fingerprint density at radius 1 is 1.06 bits per heavy atom. The summed E-state index contributed by atoms with van der Waals surface area (Å²) in [6.45, 7) is 3.58. The summed E-state index contributed by atoms with van der Waals surface area (Å²) >= 11 is 12.1. The van der Waals surface area contributed by atoms with Gasteiger partial charge in [0.05, 0.1) is 22.1 Å². The molecule has 8 nitrogen and oxygen atoms in total. The second-order valence-corrected chi connectivity index (χ2v) is 8.54. The van der Waals surface area contributed by atoms with Crippen LogP contribution in [0, 0.1) is 17.0 Å². The van der Waals surface area contributed by atoms with E-state index in [-0.39, 0.29) is 34.1 Å². The van der Waals surface area contributed by atoms with Crippen LogP contribution in [0.15, 0.2) is 54.6 Å². The molecule has 1 atom stereocenters. The molecule has 0 saturated carbocycles. The summed E-state index contributed by atoms with van der Waals surface area (Å²) in [5.74, 6) is -1.62. The minimum absolute atomic E-state index is 0.00644. The smallest absolute Gasteiger partial charge is 0.335 e. The van der Waals surface area contributed by atoms with Crippen molar-refractivity contribution in [3.8, 4) is 0 Å². The van der Waals surface area contributed by atoms with Crippen molar-refractivity contribution in [2.75, 3.05) is 5.32 Å². The number of carbonyl (C=O) groups excluding carboxylic acids is 1. The van der Waals surface area contributed by atoms with E-state index < -0.39 is 22.8 Å². The minimum atomic E-state index is -1.04. The van der Waals surface area contributed by atoms with Crippen molar-refractivity contribution < 1.29 is 19.6 Å². The molecule has 3 aromatic carbocycles. The molecule has 0 aromatic heterocycles. The van der Waals surface area contributed by atoms with Crippen molar-refractivity contribution in [3.05, 3.63) is 103 Å². The molecule has 10 heteroatoms. The SMILES string of the molecule is Cc1cc([C@H](C)NC(=O)c2cc(Cl)cc([N+](=O)[O-])c2NCc2cccc(Cl)c2)ccc1C(=O)O. The second kappa shape index (κ2) is 10.5. The summed E-state index contributed by atoms with van der Waals surface area (Å²) in [7, 11) is 0. The lowest BCUT2D eigenvalue weighted by Gasteiger charge is -2.18. The van der Waals surface area contributed by atoms with Gasteiger partial charge in [-0.1, -0.05) is 47.5 Å². The Labute approximate surface area is 205 Å². The molecule has 0 aliphatic heterocycles. The van der Waals surface area contributed by atoms with Crippen LogP contribution in [0.1, 0.15) is 50.4 Å². The first kappa shape index (κ1) is 25.0. The number of hydrogen-bond donors (Lipinski definition) is 3. The van der Waals surface area contributed by atoms with Crippen molar-refractivity contribution in [2.24, 2.45) is 0 Å². The number of carboxylic acids is 1. The van der Waals surface area contributed by atoms with Crippen molar-refractivity contribution in [2.45, 2.75) is 26.4 Å². The van der Waals surface area contributed by atoms with Gasteiger partial charge in [0.25, 0.3) is 11.6 Å². The molecule has 0 saturated heterocycles. The highest BCUT2D eigenvalue weighted by molar-refractivity contribution is 6.31. The molecular weight excluding hydrogens is 481 g/mol. The van der Waals surface area contributed by atoms with Crippen molar-refractivity contribution in [1.82, 2.24) is 5.32 Å². The molecule has 3 N–H and O–H groups in total. The lowest BCUT2D eigenvalue weighted by atomic mass is 10.0. The number of anilines is 1. The van der Waals surface area contributed by atoms with Gasteiger partial charge in [-0.25, -0.2) is 4.79 Å². The van der Waals surface area contributed by atoms with E-state index in [2.05, 4.69) is 10.6 Å². The molecule has 176 valence electrons. The summed E-state index contributed by atoms with van der Waals surface area (Å²) in [6.07, 6.45) is 0. The van der Waals surface area contributed by atoms with E-state index in [0.717, 1.165) is 5.56 Å². The molecular formula is C24H21Cl2N3O5. The van der Waals surface area contributed by atoms with Crippen LogP contribution in [0.4, 0.5) is 11.4 Å². The Bertz CT molecular complexity index is 1280. The number of carbonyl (C=O) groups is 2. The van der Waals surface area contributed by atoms with Gasteiger partial charge < -0.3 is 15.7 Å². The van der Waals surface area contributed by atoms with Crippen LogP contribution >= 0.6 is 23.2 Å². The number of aromatic carboxylic acids is 1. The molecule has 3 rings (SSSR count). The van der Waals surface area contributed by atoms with E-state index >= 15 is 0 Å². The van der Waals surface area contributed by atoms with Gasteiger partial charge >= 0.3 is 5.97 Å². The molecule has 0 aliphatic rings. The maximum absolute atomic E-state index is 13.2. The van der Waals surface area contributed by atoms with Gasteiger partial charge in [0, 0.05) is 22.7 Å². The fraction of sp³-hybridized carbons (Fsp3) is 0.167. The molecule has 0 unspecified atom stereocenters. The predicted molar refractivity (Wildman–Crippen MR) is 131 cm³/mol. The van der Waals surface area contributed by atoms with Crippen LogP contribution in [0.2, 0.25) is 10.0 Å². The van der Waals surface area contributed by atoms with Gasteiger partial charge in [-0.15, -0.1) is 0 Å². The largest absolute Gasteiger partial charge is 0.478 e. The zero-order valence-electron chi connectivity index (χ0n) is 18.3. The van der Waals surface area contributed by atoms with Gasteiger partial charge in [0.2, 0.25) is 0 Å². The number of halogens is 2. The fourth-order valence-corrected chi connectivity index (χ4v) is 3.92. The average molecular weight is 502 g/mol. The first-order chi connectivity index (χ1) is 16.1. The maximum Gasteiger partial charge on any atom is 0.335 e. The summed E-state index contributed by atoms with van der Waals surface area (Å²) in [4.78, 5) is 35.5. The van der Waals surface area contributed by atoms with Crippen molar-refractivity contribution in [3.63, 3.8) is 0 Å². The Hall–Kier alpha value is -3.62. The van der Waals surface area contributed by atoms with Crippen LogP contribution in [-0.4, -0.2) is 21.9 Å². The number of aryl methyl sites for hydroxylation is 1. The summed E-state index contributed by atoms with van der Waals surface area (Å²) in [6, 6.07) is 13.8. The zero-order valence-corrected chi connectivity index (χ0v) is 19.8. The lowest BCUT2D eigenvalue weighted by molar-refractivity contribution is -0.384. The van der Waals surface area contributed by atoms with Crippen LogP contribution in [0.3, 0.4) is 0 Å². The Morgan fingerprint density at radius 2 is 1.79 bits per heavy atom. The monoisotopic (exact) mass is 501 g/mol. The maximum atomic E-state index is 13.2. The predicted octanol–water partition coefficient (Wildman–Crippen LogP) is 6.01. The third-order valence-corrected chi connectivity index (χ3v) is 5.66. The molecule has 0 spiro atoms. The van der Waals surface area contributed by atoms with E-state index in [4.69, 9.17) is 23.2 Å². The normalized spacial score (nSPS) is 11.5. The summed E-state index contributed by atoms with van der Waals surface area (Å²) < 4.78 is 0. The number of rotatable bonds is 8. The summed E-state index contributed by atoms with van der Waals surface area (Å²) in [5, 5.41) is 27.2. The number of nitro benzene ring substituents is 1. The number of nitrogens with one attached hydrogen (secondary N) is 2.